The van der Waals surface area contributed by atoms with Crippen LogP contribution in [0.1, 0.15) is 67.3 Å². The predicted molar refractivity (Wildman–Crippen MR) is 80.1 cm³/mol. The fourth-order valence-corrected chi connectivity index (χ4v) is 3.30. The molecule has 0 atom stereocenters. The highest BCUT2D eigenvalue weighted by atomic mass is 16.5. The quantitative estimate of drug-likeness (QED) is 0.720. The summed E-state index contributed by atoms with van der Waals surface area (Å²) in [7, 11) is 0. The number of rotatable bonds is 6. The highest BCUT2D eigenvalue weighted by Gasteiger charge is 2.31. The molecule has 0 aromatic heterocycles. The molecule has 0 amide bonds. The molecule has 108 valence electrons. The largest absolute Gasteiger partial charge is 0.378 e. The maximum Gasteiger partial charge on any atom is 0.163 e. The van der Waals surface area contributed by atoms with E-state index in [0.29, 0.717) is 30.1 Å². The molecule has 0 aliphatic heterocycles. The molecule has 0 spiro atoms. The van der Waals surface area contributed by atoms with Crippen LogP contribution < -0.4 is 0 Å². The van der Waals surface area contributed by atoms with Gasteiger partial charge in [0, 0.05) is 18.6 Å². The van der Waals surface area contributed by atoms with E-state index in [9.17, 15) is 4.79 Å². The molecule has 2 aliphatic rings. The van der Waals surface area contributed by atoms with Gasteiger partial charge in [0.2, 0.25) is 0 Å². The molecule has 0 unspecified atom stereocenters. The van der Waals surface area contributed by atoms with E-state index in [1.807, 2.05) is 19.1 Å². The van der Waals surface area contributed by atoms with Crippen molar-refractivity contribution in [1.82, 2.24) is 0 Å². The number of ether oxygens (including phenoxy) is 1. The summed E-state index contributed by atoms with van der Waals surface area (Å²) in [5, 5.41) is 0. The first kappa shape index (κ1) is 13.8. The first-order chi connectivity index (χ1) is 9.76. The SMILES string of the molecule is CCOC1CC(CC(=O)c2cccc(C3CCC3)c2)C1. The number of carbonyl (C=O) groups excluding carboxylic acids is 1. The lowest BCUT2D eigenvalue weighted by molar-refractivity contribution is -0.0246. The number of carbonyl (C=O) groups is 1. The van der Waals surface area contributed by atoms with Crippen LogP contribution >= 0.6 is 0 Å². The van der Waals surface area contributed by atoms with Crippen molar-refractivity contribution in [3.63, 3.8) is 0 Å². The molecule has 1 aromatic rings. The van der Waals surface area contributed by atoms with E-state index in [2.05, 4.69) is 12.1 Å². The van der Waals surface area contributed by atoms with Gasteiger partial charge in [-0.25, -0.2) is 0 Å². The highest BCUT2D eigenvalue weighted by Crippen LogP contribution is 2.37. The van der Waals surface area contributed by atoms with E-state index in [4.69, 9.17) is 4.74 Å². The number of Topliss-reactive ketones (excluding diaryl/α,β-unsaturated/α-hetero) is 1. The minimum absolute atomic E-state index is 0.311. The van der Waals surface area contributed by atoms with Gasteiger partial charge in [-0.05, 0) is 56.1 Å². The molecule has 0 radical (unpaired) electrons. The van der Waals surface area contributed by atoms with Gasteiger partial charge in [-0.15, -0.1) is 0 Å². The fourth-order valence-electron chi connectivity index (χ4n) is 3.30. The maximum atomic E-state index is 12.4. The van der Waals surface area contributed by atoms with Crippen LogP contribution in [0.5, 0.6) is 0 Å². The number of hydrogen-bond acceptors (Lipinski definition) is 2. The molecule has 2 nitrogen and oxygen atoms in total. The van der Waals surface area contributed by atoms with Gasteiger partial charge in [0.15, 0.2) is 5.78 Å². The lowest BCUT2D eigenvalue weighted by Crippen LogP contribution is -2.32. The Balaban J connectivity index is 1.55. The maximum absolute atomic E-state index is 12.4. The molecule has 0 bridgehead atoms. The Kier molecular flexibility index (Phi) is 4.21. The average Bonchev–Trinajstić information content (AvgIpc) is 2.34. The molecular weight excluding hydrogens is 248 g/mol. The third-order valence-electron chi connectivity index (χ3n) is 4.85. The Morgan fingerprint density at radius 2 is 2.10 bits per heavy atom. The Morgan fingerprint density at radius 3 is 2.75 bits per heavy atom. The van der Waals surface area contributed by atoms with Crippen molar-refractivity contribution in [3.05, 3.63) is 35.4 Å². The van der Waals surface area contributed by atoms with E-state index in [0.717, 1.165) is 25.0 Å². The van der Waals surface area contributed by atoms with Gasteiger partial charge in [-0.1, -0.05) is 24.6 Å². The third-order valence-corrected chi connectivity index (χ3v) is 4.85. The van der Waals surface area contributed by atoms with Crippen LogP contribution in [-0.4, -0.2) is 18.5 Å². The van der Waals surface area contributed by atoms with Gasteiger partial charge < -0.3 is 4.74 Å². The monoisotopic (exact) mass is 272 g/mol. The summed E-state index contributed by atoms with van der Waals surface area (Å²) in [6.07, 6.45) is 7.12. The Bertz CT molecular complexity index is 470. The van der Waals surface area contributed by atoms with Crippen molar-refractivity contribution in [1.29, 1.82) is 0 Å². The topological polar surface area (TPSA) is 26.3 Å². The zero-order chi connectivity index (χ0) is 13.9. The van der Waals surface area contributed by atoms with E-state index < -0.39 is 0 Å². The smallest absolute Gasteiger partial charge is 0.163 e. The minimum atomic E-state index is 0.311. The lowest BCUT2D eigenvalue weighted by Gasteiger charge is -2.34. The van der Waals surface area contributed by atoms with E-state index in [1.54, 1.807) is 0 Å². The van der Waals surface area contributed by atoms with Crippen molar-refractivity contribution in [3.8, 4) is 0 Å². The molecule has 0 N–H and O–H groups in total. The summed E-state index contributed by atoms with van der Waals surface area (Å²) in [6, 6.07) is 8.33. The number of hydrogen-bond donors (Lipinski definition) is 0. The number of ketones is 1. The van der Waals surface area contributed by atoms with Crippen molar-refractivity contribution in [2.24, 2.45) is 5.92 Å². The standard InChI is InChI=1S/C18H24O2/c1-2-20-17-9-13(10-17)11-18(19)16-8-4-7-15(12-16)14-5-3-6-14/h4,7-8,12-14,17H,2-3,5-6,9-11H2,1H3. The van der Waals surface area contributed by atoms with Crippen LogP contribution in [-0.2, 0) is 4.74 Å². The lowest BCUT2D eigenvalue weighted by atomic mass is 9.77. The van der Waals surface area contributed by atoms with Gasteiger partial charge in [0.25, 0.3) is 0 Å². The molecular formula is C18H24O2. The third kappa shape index (κ3) is 2.95. The molecule has 1 aromatic carbocycles. The van der Waals surface area contributed by atoms with E-state index in [1.165, 1.54) is 24.8 Å². The number of benzene rings is 1. The van der Waals surface area contributed by atoms with Crippen molar-refractivity contribution >= 4 is 5.78 Å². The Labute approximate surface area is 121 Å². The second-order valence-corrected chi connectivity index (χ2v) is 6.30. The van der Waals surface area contributed by atoms with E-state index >= 15 is 0 Å². The second kappa shape index (κ2) is 6.09. The highest BCUT2D eigenvalue weighted by molar-refractivity contribution is 5.96. The van der Waals surface area contributed by atoms with Crippen LogP contribution in [0.4, 0.5) is 0 Å². The molecule has 0 heterocycles. The summed E-state index contributed by atoms with van der Waals surface area (Å²) >= 11 is 0. The summed E-state index contributed by atoms with van der Waals surface area (Å²) in [4.78, 5) is 12.4. The van der Waals surface area contributed by atoms with Crippen LogP contribution in [0, 0.1) is 5.92 Å². The van der Waals surface area contributed by atoms with Crippen LogP contribution in [0.25, 0.3) is 0 Å². The van der Waals surface area contributed by atoms with Crippen molar-refractivity contribution in [2.45, 2.75) is 57.5 Å². The van der Waals surface area contributed by atoms with Gasteiger partial charge in [0.05, 0.1) is 6.10 Å². The van der Waals surface area contributed by atoms with Gasteiger partial charge >= 0.3 is 0 Å². The summed E-state index contributed by atoms with van der Waals surface area (Å²) in [5.74, 6) is 1.55. The van der Waals surface area contributed by atoms with Crippen LogP contribution in [0.15, 0.2) is 24.3 Å². The Morgan fingerprint density at radius 1 is 1.30 bits per heavy atom. The molecule has 2 saturated carbocycles. The van der Waals surface area contributed by atoms with Gasteiger partial charge in [0.1, 0.15) is 0 Å². The summed E-state index contributed by atoms with van der Waals surface area (Å²) < 4.78 is 5.56. The molecule has 20 heavy (non-hydrogen) atoms. The zero-order valence-corrected chi connectivity index (χ0v) is 12.3. The van der Waals surface area contributed by atoms with Gasteiger partial charge in [-0.2, -0.15) is 0 Å². The van der Waals surface area contributed by atoms with Crippen LogP contribution in [0.2, 0.25) is 0 Å². The molecule has 0 saturated heterocycles. The van der Waals surface area contributed by atoms with Crippen molar-refractivity contribution in [2.75, 3.05) is 6.61 Å². The fraction of sp³-hybridized carbons (Fsp3) is 0.611. The van der Waals surface area contributed by atoms with Gasteiger partial charge in [-0.3, -0.25) is 4.79 Å². The first-order valence-corrected chi connectivity index (χ1v) is 8.01. The predicted octanol–water partition coefficient (Wildman–Crippen LogP) is 4.34. The average molecular weight is 272 g/mol. The summed E-state index contributed by atoms with van der Waals surface area (Å²) in [5.41, 5.74) is 2.28. The molecule has 2 aliphatic carbocycles. The second-order valence-electron chi connectivity index (χ2n) is 6.30. The Hall–Kier alpha value is -1.15. The van der Waals surface area contributed by atoms with Crippen molar-refractivity contribution < 1.29 is 9.53 Å². The normalized spacial score (nSPS) is 25.9. The zero-order valence-electron chi connectivity index (χ0n) is 12.3. The molecule has 2 fully saturated rings. The summed E-state index contributed by atoms with van der Waals surface area (Å²) in [6.45, 7) is 2.82. The first-order valence-electron chi connectivity index (χ1n) is 8.01. The van der Waals surface area contributed by atoms with Crippen LogP contribution in [0.3, 0.4) is 0 Å². The van der Waals surface area contributed by atoms with E-state index in [-0.39, 0.29) is 0 Å². The molecule has 2 heteroatoms. The molecule has 3 rings (SSSR count). The minimum Gasteiger partial charge on any atom is -0.378 e.